The average molecular weight is 516 g/mol. The molecule has 164 valence electrons. The Balaban J connectivity index is 0.00000300. The molecule has 2 saturated heterocycles. The van der Waals surface area contributed by atoms with Gasteiger partial charge in [0.25, 0.3) is 0 Å². The van der Waals surface area contributed by atoms with Crippen molar-refractivity contribution in [2.75, 3.05) is 45.9 Å². The molecule has 1 aromatic rings. The number of aliphatic hydroxyl groups is 1. The highest BCUT2D eigenvalue weighted by molar-refractivity contribution is 14.0. The summed E-state index contributed by atoms with van der Waals surface area (Å²) in [6.07, 6.45) is 4.17. The van der Waals surface area contributed by atoms with Gasteiger partial charge in [0, 0.05) is 52.4 Å². The highest BCUT2D eigenvalue weighted by Gasteiger charge is 2.23. The van der Waals surface area contributed by atoms with Crippen molar-refractivity contribution in [3.05, 3.63) is 35.9 Å². The second-order valence-corrected chi connectivity index (χ2v) is 7.81. The normalized spacial score (nSPS) is 21.2. The highest BCUT2D eigenvalue weighted by atomic mass is 127. The van der Waals surface area contributed by atoms with E-state index >= 15 is 0 Å². The second-order valence-electron chi connectivity index (χ2n) is 7.81. The minimum Gasteiger partial charge on any atom is -0.391 e. The molecule has 3 rings (SSSR count). The fourth-order valence-electron chi connectivity index (χ4n) is 3.94. The van der Waals surface area contributed by atoms with Gasteiger partial charge in [-0.2, -0.15) is 0 Å². The zero-order valence-corrected chi connectivity index (χ0v) is 20.0. The Morgan fingerprint density at radius 1 is 1.17 bits per heavy atom. The van der Waals surface area contributed by atoms with E-state index in [0.29, 0.717) is 12.6 Å². The van der Waals surface area contributed by atoms with Crippen molar-refractivity contribution in [3.8, 4) is 0 Å². The van der Waals surface area contributed by atoms with Gasteiger partial charge >= 0.3 is 0 Å². The van der Waals surface area contributed by atoms with Gasteiger partial charge in [-0.1, -0.05) is 30.3 Å². The van der Waals surface area contributed by atoms with Crippen LogP contribution in [0.25, 0.3) is 0 Å². The first-order valence-electron chi connectivity index (χ1n) is 10.8. The van der Waals surface area contributed by atoms with Gasteiger partial charge in [0.1, 0.15) is 0 Å². The number of aliphatic imine (C=N–C) groups is 1. The Morgan fingerprint density at radius 2 is 1.93 bits per heavy atom. The maximum atomic E-state index is 9.72. The third-order valence-corrected chi connectivity index (χ3v) is 5.50. The molecule has 0 saturated carbocycles. The van der Waals surface area contributed by atoms with E-state index in [9.17, 15) is 5.11 Å². The van der Waals surface area contributed by atoms with E-state index < -0.39 is 0 Å². The number of guanidine groups is 1. The molecule has 0 aromatic heterocycles. The molecule has 2 aliphatic heterocycles. The fraction of sp³-hybridized carbons (Fsp3) is 0.682. The van der Waals surface area contributed by atoms with Crippen molar-refractivity contribution in [1.82, 2.24) is 15.1 Å². The Hall–Kier alpha value is -0.900. The predicted molar refractivity (Wildman–Crippen MR) is 129 cm³/mol. The summed E-state index contributed by atoms with van der Waals surface area (Å²) in [4.78, 5) is 9.37. The first kappa shape index (κ1) is 24.4. The number of rotatable bonds is 8. The van der Waals surface area contributed by atoms with Crippen LogP contribution in [-0.2, 0) is 11.3 Å². The van der Waals surface area contributed by atoms with Gasteiger partial charge in [0.2, 0.25) is 0 Å². The Labute approximate surface area is 192 Å². The van der Waals surface area contributed by atoms with Gasteiger partial charge in [-0.15, -0.1) is 24.0 Å². The third kappa shape index (κ3) is 8.39. The average Bonchev–Trinajstić information content (AvgIpc) is 3.15. The molecule has 0 amide bonds. The molecule has 2 fully saturated rings. The van der Waals surface area contributed by atoms with Gasteiger partial charge in [-0.05, 0) is 38.2 Å². The Kier molecular flexibility index (Phi) is 11.3. The van der Waals surface area contributed by atoms with Gasteiger partial charge in [-0.25, -0.2) is 0 Å². The summed E-state index contributed by atoms with van der Waals surface area (Å²) < 4.78 is 6.10. The summed E-state index contributed by atoms with van der Waals surface area (Å²) in [5, 5.41) is 13.1. The molecule has 2 heterocycles. The van der Waals surface area contributed by atoms with Crippen LogP contribution in [0.15, 0.2) is 35.3 Å². The number of hydrogen-bond acceptors (Lipinski definition) is 4. The molecule has 1 atom stereocenters. The zero-order chi connectivity index (χ0) is 19.6. The van der Waals surface area contributed by atoms with Crippen LogP contribution in [0.2, 0.25) is 0 Å². The number of ether oxygens (including phenoxy) is 1. The van der Waals surface area contributed by atoms with Crippen molar-refractivity contribution >= 4 is 29.9 Å². The van der Waals surface area contributed by atoms with Crippen LogP contribution in [0, 0.1) is 0 Å². The molecule has 0 radical (unpaired) electrons. The van der Waals surface area contributed by atoms with Crippen LogP contribution in [0.1, 0.15) is 38.2 Å². The fourth-order valence-corrected chi connectivity index (χ4v) is 3.94. The van der Waals surface area contributed by atoms with Gasteiger partial charge in [0.15, 0.2) is 5.96 Å². The Morgan fingerprint density at radius 3 is 2.59 bits per heavy atom. The molecule has 6 nitrogen and oxygen atoms in total. The zero-order valence-electron chi connectivity index (χ0n) is 17.6. The van der Waals surface area contributed by atoms with Crippen LogP contribution in [0.3, 0.4) is 0 Å². The molecule has 0 aliphatic carbocycles. The van der Waals surface area contributed by atoms with E-state index in [1.807, 2.05) is 0 Å². The van der Waals surface area contributed by atoms with Crippen LogP contribution < -0.4 is 5.32 Å². The molecule has 29 heavy (non-hydrogen) atoms. The summed E-state index contributed by atoms with van der Waals surface area (Å²) in [6, 6.07) is 10.7. The first-order chi connectivity index (χ1) is 13.7. The Bertz CT molecular complexity index is 594. The molecular formula is C22H37IN4O2. The molecule has 0 bridgehead atoms. The molecular weight excluding hydrogens is 479 g/mol. The summed E-state index contributed by atoms with van der Waals surface area (Å²) in [5.41, 5.74) is 1.39. The lowest BCUT2D eigenvalue weighted by Gasteiger charge is -2.31. The van der Waals surface area contributed by atoms with Gasteiger partial charge in [-0.3, -0.25) is 9.89 Å². The second kappa shape index (κ2) is 13.4. The number of nitrogens with one attached hydrogen (secondary N) is 1. The van der Waals surface area contributed by atoms with Gasteiger partial charge in [0.05, 0.1) is 12.2 Å². The maximum Gasteiger partial charge on any atom is 0.194 e. The van der Waals surface area contributed by atoms with E-state index in [4.69, 9.17) is 9.73 Å². The molecule has 1 aromatic carbocycles. The lowest BCUT2D eigenvalue weighted by Crippen LogP contribution is -2.40. The number of piperidine rings is 1. The van der Waals surface area contributed by atoms with Crippen molar-refractivity contribution in [2.45, 2.75) is 51.4 Å². The van der Waals surface area contributed by atoms with E-state index in [2.05, 4.69) is 52.4 Å². The molecule has 2 aliphatic rings. The quantitative estimate of drug-likeness (QED) is 0.241. The van der Waals surface area contributed by atoms with Crippen molar-refractivity contribution in [1.29, 1.82) is 0 Å². The van der Waals surface area contributed by atoms with Crippen molar-refractivity contribution < 1.29 is 9.84 Å². The summed E-state index contributed by atoms with van der Waals surface area (Å²) in [6.45, 7) is 9.30. The minimum atomic E-state index is -0.222. The largest absolute Gasteiger partial charge is 0.391 e. The van der Waals surface area contributed by atoms with Crippen molar-refractivity contribution in [2.24, 2.45) is 4.99 Å². The summed E-state index contributed by atoms with van der Waals surface area (Å²) >= 11 is 0. The number of hydrogen-bond donors (Lipinski definition) is 2. The van der Waals surface area contributed by atoms with Crippen LogP contribution in [0.4, 0.5) is 0 Å². The number of halogens is 1. The topological polar surface area (TPSA) is 60.3 Å². The highest BCUT2D eigenvalue weighted by Crippen LogP contribution is 2.16. The molecule has 2 N–H and O–H groups in total. The van der Waals surface area contributed by atoms with Gasteiger partial charge < -0.3 is 20.1 Å². The number of likely N-dealkylation sites (tertiary alicyclic amines) is 2. The van der Waals surface area contributed by atoms with Crippen LogP contribution >= 0.6 is 24.0 Å². The standard InChI is InChI=1S/C22H36N4O2.HI/c1-2-23-22(26-15-9-20(27)18-26)24-12-6-16-28-21-10-13-25(14-11-21)17-19-7-4-3-5-8-19;/h3-5,7-8,20-21,27H,2,6,9-18H2,1H3,(H,23,24);1H/t20-;/m1./s1. The lowest BCUT2D eigenvalue weighted by atomic mass is 10.1. The summed E-state index contributed by atoms with van der Waals surface area (Å²) in [7, 11) is 0. The number of nitrogens with zero attached hydrogens (tertiary/aromatic N) is 3. The monoisotopic (exact) mass is 516 g/mol. The lowest BCUT2D eigenvalue weighted by molar-refractivity contribution is 0.00564. The first-order valence-corrected chi connectivity index (χ1v) is 10.8. The van der Waals surface area contributed by atoms with E-state index in [-0.39, 0.29) is 30.1 Å². The SMILES string of the molecule is CCNC(=NCCCOC1CCN(Cc2ccccc2)CC1)N1CC[C@@H](O)C1.I. The van der Waals surface area contributed by atoms with E-state index in [0.717, 1.165) is 77.5 Å². The van der Waals surface area contributed by atoms with E-state index in [1.165, 1.54) is 5.56 Å². The predicted octanol–water partition coefficient (Wildman–Crippen LogP) is 2.71. The van der Waals surface area contributed by atoms with E-state index in [1.54, 1.807) is 0 Å². The summed E-state index contributed by atoms with van der Waals surface area (Å²) in [5.74, 6) is 0.924. The molecule has 0 spiro atoms. The smallest absolute Gasteiger partial charge is 0.194 e. The molecule has 7 heteroatoms. The third-order valence-electron chi connectivity index (χ3n) is 5.50. The molecule has 0 unspecified atom stereocenters. The van der Waals surface area contributed by atoms with Crippen LogP contribution in [0.5, 0.6) is 0 Å². The van der Waals surface area contributed by atoms with Crippen LogP contribution in [-0.4, -0.2) is 78.9 Å². The number of aliphatic hydroxyl groups excluding tert-OH is 1. The maximum absolute atomic E-state index is 9.72. The van der Waals surface area contributed by atoms with Crippen molar-refractivity contribution in [3.63, 3.8) is 0 Å². The number of benzene rings is 1. The number of β-amino-alcohol motifs (C(OH)–C–C–N with tert-alkyl or cyclic N) is 1. The minimum absolute atomic E-state index is 0.